The summed E-state index contributed by atoms with van der Waals surface area (Å²) in [6, 6.07) is 4.26. The second-order valence-corrected chi connectivity index (χ2v) is 4.24. The number of nitrogens with zero attached hydrogens (tertiary/aromatic N) is 1. The molecule has 0 aliphatic rings. The minimum Gasteiger partial charge on any atom is -0.460 e. The molecule has 0 atom stereocenters. The van der Waals surface area contributed by atoms with Crippen LogP contribution in [0.25, 0.3) is 10.9 Å². The maximum absolute atomic E-state index is 13.2. The Hall–Kier alpha value is -2.17. The van der Waals surface area contributed by atoms with Crippen molar-refractivity contribution in [3.05, 3.63) is 35.3 Å². The Balaban J connectivity index is 2.61. The quantitative estimate of drug-likeness (QED) is 0.485. The van der Waals surface area contributed by atoms with Gasteiger partial charge in [0.25, 0.3) is 5.78 Å². The Morgan fingerprint density at radius 3 is 2.68 bits per heavy atom. The van der Waals surface area contributed by atoms with E-state index >= 15 is 0 Å². The number of aryl methyl sites for hydroxylation is 2. The van der Waals surface area contributed by atoms with Crippen LogP contribution >= 0.6 is 0 Å². The van der Waals surface area contributed by atoms with E-state index in [0.717, 1.165) is 5.39 Å². The lowest BCUT2D eigenvalue weighted by atomic mass is 10.1. The van der Waals surface area contributed by atoms with Gasteiger partial charge in [0.2, 0.25) is 0 Å². The van der Waals surface area contributed by atoms with Crippen LogP contribution in [0.3, 0.4) is 0 Å². The maximum atomic E-state index is 13.2. The van der Waals surface area contributed by atoms with Crippen LogP contribution in [0.2, 0.25) is 0 Å². The predicted molar refractivity (Wildman–Crippen MR) is 68.6 cm³/mol. The molecule has 0 saturated heterocycles. The van der Waals surface area contributed by atoms with Crippen molar-refractivity contribution in [2.24, 2.45) is 7.05 Å². The minimum absolute atomic E-state index is 0.141. The van der Waals surface area contributed by atoms with E-state index in [1.807, 2.05) is 0 Å². The second-order valence-electron chi connectivity index (χ2n) is 4.24. The molecule has 1 heterocycles. The molecule has 0 aliphatic carbocycles. The summed E-state index contributed by atoms with van der Waals surface area (Å²) in [6.07, 6.45) is 0. The summed E-state index contributed by atoms with van der Waals surface area (Å²) in [5, 5.41) is 0.747. The first kappa shape index (κ1) is 13.3. The average Bonchev–Trinajstić information content (AvgIpc) is 2.61. The molecule has 4 nitrogen and oxygen atoms in total. The number of ketones is 1. The zero-order chi connectivity index (χ0) is 14.2. The standard InChI is InChI=1S/C14H14FNO3/c1-4-19-14(18)13(17)12-8(2)10-6-5-9(15)7-11(10)16(12)3/h5-7H,4H2,1-3H3. The lowest BCUT2D eigenvalue weighted by Gasteiger charge is -2.04. The van der Waals surface area contributed by atoms with Gasteiger partial charge in [0.05, 0.1) is 12.1 Å². The summed E-state index contributed by atoms with van der Waals surface area (Å²) in [5.74, 6) is -1.99. The highest BCUT2D eigenvalue weighted by Gasteiger charge is 2.25. The molecule has 5 heteroatoms. The van der Waals surface area contributed by atoms with Crippen molar-refractivity contribution in [2.75, 3.05) is 6.61 Å². The van der Waals surface area contributed by atoms with Crippen LogP contribution in [-0.2, 0) is 16.6 Å². The first-order valence-electron chi connectivity index (χ1n) is 5.93. The Bertz CT molecular complexity index is 673. The summed E-state index contributed by atoms with van der Waals surface area (Å²) < 4.78 is 19.5. The van der Waals surface area contributed by atoms with Gasteiger partial charge in [-0.15, -0.1) is 0 Å². The number of halogens is 1. The van der Waals surface area contributed by atoms with E-state index < -0.39 is 11.8 Å². The fourth-order valence-electron chi connectivity index (χ4n) is 2.21. The predicted octanol–water partition coefficient (Wildman–Crippen LogP) is 2.37. The molecular formula is C14H14FNO3. The van der Waals surface area contributed by atoms with Crippen molar-refractivity contribution >= 4 is 22.7 Å². The van der Waals surface area contributed by atoms with E-state index in [2.05, 4.69) is 0 Å². The first-order chi connectivity index (χ1) is 8.97. The van der Waals surface area contributed by atoms with Gasteiger partial charge in [-0.3, -0.25) is 4.79 Å². The summed E-state index contributed by atoms with van der Waals surface area (Å²) in [7, 11) is 1.63. The van der Waals surface area contributed by atoms with E-state index in [0.29, 0.717) is 11.1 Å². The van der Waals surface area contributed by atoms with Gasteiger partial charge in [-0.05, 0) is 37.6 Å². The summed E-state index contributed by atoms with van der Waals surface area (Å²) in [4.78, 5) is 23.6. The number of hydrogen-bond acceptors (Lipinski definition) is 3. The summed E-state index contributed by atoms with van der Waals surface area (Å²) in [6.45, 7) is 3.50. The SMILES string of the molecule is CCOC(=O)C(=O)c1c(C)c2ccc(F)cc2n1C. The largest absolute Gasteiger partial charge is 0.460 e. The molecule has 0 saturated carbocycles. The number of ether oxygens (including phenoxy) is 1. The number of carbonyl (C=O) groups is 2. The highest BCUT2D eigenvalue weighted by atomic mass is 19.1. The van der Waals surface area contributed by atoms with E-state index in [9.17, 15) is 14.0 Å². The van der Waals surface area contributed by atoms with Crippen LogP contribution in [0.4, 0.5) is 4.39 Å². The van der Waals surface area contributed by atoms with Gasteiger partial charge in [0, 0.05) is 12.4 Å². The highest BCUT2D eigenvalue weighted by Crippen LogP contribution is 2.25. The molecule has 0 aliphatic heterocycles. The van der Waals surface area contributed by atoms with Gasteiger partial charge in [0.1, 0.15) is 11.5 Å². The Labute approximate surface area is 109 Å². The number of esters is 1. The van der Waals surface area contributed by atoms with E-state index in [-0.39, 0.29) is 18.1 Å². The Morgan fingerprint density at radius 1 is 1.37 bits per heavy atom. The van der Waals surface area contributed by atoms with Gasteiger partial charge in [-0.1, -0.05) is 0 Å². The molecular weight excluding hydrogens is 249 g/mol. The first-order valence-corrected chi connectivity index (χ1v) is 5.93. The third-order valence-corrected chi connectivity index (χ3v) is 3.09. The molecule has 0 spiro atoms. The van der Waals surface area contributed by atoms with Crippen molar-refractivity contribution in [2.45, 2.75) is 13.8 Å². The topological polar surface area (TPSA) is 48.3 Å². The average molecular weight is 263 g/mol. The van der Waals surface area contributed by atoms with Crippen LogP contribution in [-0.4, -0.2) is 22.9 Å². The smallest absolute Gasteiger partial charge is 0.381 e. The van der Waals surface area contributed by atoms with Gasteiger partial charge >= 0.3 is 5.97 Å². The van der Waals surface area contributed by atoms with Crippen LogP contribution in [0, 0.1) is 12.7 Å². The molecule has 0 radical (unpaired) electrons. The Kier molecular flexibility index (Phi) is 3.38. The highest BCUT2D eigenvalue weighted by molar-refractivity contribution is 6.41. The van der Waals surface area contributed by atoms with E-state index in [1.54, 1.807) is 27.0 Å². The van der Waals surface area contributed by atoms with Crippen LogP contribution in [0.1, 0.15) is 23.0 Å². The molecule has 19 heavy (non-hydrogen) atoms. The monoisotopic (exact) mass is 263 g/mol. The molecule has 0 unspecified atom stereocenters. The summed E-state index contributed by atoms with van der Waals surface area (Å²) in [5.41, 5.74) is 1.46. The molecule has 2 aromatic rings. The molecule has 1 aromatic carbocycles. The second kappa shape index (κ2) is 4.84. The molecule has 100 valence electrons. The van der Waals surface area contributed by atoms with Gasteiger partial charge < -0.3 is 9.30 Å². The van der Waals surface area contributed by atoms with Crippen LogP contribution in [0.15, 0.2) is 18.2 Å². The number of carbonyl (C=O) groups excluding carboxylic acids is 2. The molecule has 0 amide bonds. The molecule has 0 bridgehead atoms. The molecule has 0 N–H and O–H groups in total. The van der Waals surface area contributed by atoms with Crippen molar-refractivity contribution in [3.63, 3.8) is 0 Å². The van der Waals surface area contributed by atoms with Crippen LogP contribution < -0.4 is 0 Å². The molecule has 2 rings (SSSR count). The van der Waals surface area contributed by atoms with Gasteiger partial charge in [0.15, 0.2) is 0 Å². The van der Waals surface area contributed by atoms with Gasteiger partial charge in [-0.25, -0.2) is 9.18 Å². The van der Waals surface area contributed by atoms with Crippen molar-refractivity contribution in [1.82, 2.24) is 4.57 Å². The number of aromatic nitrogens is 1. The van der Waals surface area contributed by atoms with E-state index in [4.69, 9.17) is 4.74 Å². The normalized spacial score (nSPS) is 10.7. The maximum Gasteiger partial charge on any atom is 0.381 e. The van der Waals surface area contributed by atoms with Crippen molar-refractivity contribution < 1.29 is 18.7 Å². The zero-order valence-electron chi connectivity index (χ0n) is 11.0. The number of benzene rings is 1. The number of Topliss-reactive ketones (excluding diaryl/α,β-unsaturated/α-hetero) is 1. The third-order valence-electron chi connectivity index (χ3n) is 3.09. The number of hydrogen-bond donors (Lipinski definition) is 0. The van der Waals surface area contributed by atoms with Crippen LogP contribution in [0.5, 0.6) is 0 Å². The third kappa shape index (κ3) is 2.12. The summed E-state index contributed by atoms with van der Waals surface area (Å²) >= 11 is 0. The van der Waals surface area contributed by atoms with Crippen molar-refractivity contribution in [1.29, 1.82) is 0 Å². The van der Waals surface area contributed by atoms with E-state index in [1.165, 1.54) is 16.7 Å². The minimum atomic E-state index is -0.892. The van der Waals surface area contributed by atoms with Gasteiger partial charge in [-0.2, -0.15) is 0 Å². The number of fused-ring (bicyclic) bond motifs is 1. The fraction of sp³-hybridized carbons (Fsp3) is 0.286. The lowest BCUT2D eigenvalue weighted by Crippen LogP contribution is -2.20. The van der Waals surface area contributed by atoms with Crippen molar-refractivity contribution in [3.8, 4) is 0 Å². The Morgan fingerprint density at radius 2 is 2.05 bits per heavy atom. The molecule has 1 aromatic heterocycles. The number of rotatable bonds is 3. The molecule has 0 fully saturated rings. The zero-order valence-corrected chi connectivity index (χ0v) is 11.0. The fourth-order valence-corrected chi connectivity index (χ4v) is 2.21. The lowest BCUT2D eigenvalue weighted by molar-refractivity contribution is -0.137.